The summed E-state index contributed by atoms with van der Waals surface area (Å²) in [4.78, 5) is 10.7. The Balaban J connectivity index is 1.52. The number of halogens is 1. The van der Waals surface area contributed by atoms with Gasteiger partial charge in [-0.15, -0.1) is 0 Å². The van der Waals surface area contributed by atoms with Crippen molar-refractivity contribution in [2.45, 2.75) is 25.0 Å². The Kier molecular flexibility index (Phi) is 3.77. The first-order valence-corrected chi connectivity index (χ1v) is 7.17. The number of rotatable bonds is 4. The minimum absolute atomic E-state index is 0.251. The molecule has 0 spiro atoms. The van der Waals surface area contributed by atoms with Crippen molar-refractivity contribution in [3.05, 3.63) is 17.0 Å². The lowest BCUT2D eigenvalue weighted by Gasteiger charge is -2.33. The molecule has 1 atom stereocenters. The first-order valence-electron chi connectivity index (χ1n) is 6.38. The van der Waals surface area contributed by atoms with E-state index in [1.807, 2.05) is 0 Å². The Labute approximate surface area is 115 Å². The van der Waals surface area contributed by atoms with Gasteiger partial charge < -0.3 is 10.1 Å². The van der Waals surface area contributed by atoms with Gasteiger partial charge in [-0.1, -0.05) is 0 Å². The average molecular weight is 313 g/mol. The minimum Gasteiger partial charge on any atom is -0.374 e. The highest BCUT2D eigenvalue weighted by Gasteiger charge is 2.32. The second-order valence-corrected chi connectivity index (χ2v) is 5.67. The Morgan fingerprint density at radius 2 is 2.39 bits per heavy atom. The van der Waals surface area contributed by atoms with Crippen LogP contribution in [0.3, 0.4) is 0 Å². The molecule has 18 heavy (non-hydrogen) atoms. The molecule has 1 saturated carbocycles. The molecule has 2 fully saturated rings. The molecule has 98 valence electrons. The summed E-state index contributed by atoms with van der Waals surface area (Å²) in [6, 6.07) is 0.821. The molecule has 1 aromatic heterocycles. The summed E-state index contributed by atoms with van der Waals surface area (Å²) >= 11 is 3.43. The first kappa shape index (κ1) is 12.3. The van der Waals surface area contributed by atoms with E-state index < -0.39 is 0 Å². The third kappa shape index (κ3) is 2.99. The van der Waals surface area contributed by atoms with Crippen LogP contribution >= 0.6 is 15.9 Å². The van der Waals surface area contributed by atoms with Crippen LogP contribution in [0, 0.1) is 0 Å². The molecule has 0 amide bonds. The van der Waals surface area contributed by atoms with Gasteiger partial charge in [-0.25, -0.2) is 9.97 Å². The number of hydrogen-bond donors (Lipinski definition) is 1. The molecular weight excluding hydrogens is 296 g/mol. The highest BCUT2D eigenvalue weighted by molar-refractivity contribution is 9.10. The monoisotopic (exact) mass is 312 g/mol. The van der Waals surface area contributed by atoms with E-state index in [2.05, 4.69) is 36.1 Å². The second-order valence-electron chi connectivity index (χ2n) is 4.82. The number of nitrogens with one attached hydrogen (secondary N) is 1. The average Bonchev–Trinajstić information content (AvgIpc) is 3.23. The highest BCUT2D eigenvalue weighted by Crippen LogP contribution is 2.28. The molecule has 1 unspecified atom stereocenters. The topological polar surface area (TPSA) is 50.3 Å². The van der Waals surface area contributed by atoms with E-state index in [0.717, 1.165) is 42.6 Å². The van der Waals surface area contributed by atoms with Crippen LogP contribution in [0.4, 0.5) is 5.82 Å². The zero-order valence-electron chi connectivity index (χ0n) is 10.2. The number of anilines is 1. The third-order valence-electron chi connectivity index (χ3n) is 3.40. The molecule has 2 aliphatic rings. The van der Waals surface area contributed by atoms with Gasteiger partial charge in [0.1, 0.15) is 12.1 Å². The molecule has 0 radical (unpaired) electrons. The van der Waals surface area contributed by atoms with E-state index >= 15 is 0 Å². The van der Waals surface area contributed by atoms with Crippen LogP contribution in [-0.4, -0.2) is 53.3 Å². The van der Waals surface area contributed by atoms with Crippen LogP contribution in [0.1, 0.15) is 12.8 Å². The maximum absolute atomic E-state index is 5.78. The van der Waals surface area contributed by atoms with Gasteiger partial charge >= 0.3 is 0 Å². The molecule has 5 nitrogen and oxygen atoms in total. The second kappa shape index (κ2) is 5.50. The molecule has 0 aromatic carbocycles. The van der Waals surface area contributed by atoms with E-state index in [1.165, 1.54) is 12.8 Å². The fourth-order valence-corrected chi connectivity index (χ4v) is 2.65. The van der Waals surface area contributed by atoms with Crippen molar-refractivity contribution in [3.63, 3.8) is 0 Å². The third-order valence-corrected chi connectivity index (χ3v) is 3.98. The summed E-state index contributed by atoms with van der Waals surface area (Å²) in [6.07, 6.45) is 6.26. The van der Waals surface area contributed by atoms with Gasteiger partial charge in [0, 0.05) is 31.9 Å². The van der Waals surface area contributed by atoms with Crippen molar-refractivity contribution < 1.29 is 4.74 Å². The zero-order chi connectivity index (χ0) is 12.4. The van der Waals surface area contributed by atoms with Crippen LogP contribution in [0.25, 0.3) is 0 Å². The molecule has 1 aromatic rings. The van der Waals surface area contributed by atoms with Crippen molar-refractivity contribution in [1.29, 1.82) is 0 Å². The number of ether oxygens (including phenoxy) is 1. The van der Waals surface area contributed by atoms with Crippen molar-refractivity contribution in [3.8, 4) is 0 Å². The fourth-order valence-electron chi connectivity index (χ4n) is 2.29. The summed E-state index contributed by atoms with van der Waals surface area (Å²) in [5, 5.41) is 3.31. The Hall–Kier alpha value is -0.720. The molecule has 1 N–H and O–H groups in total. The molecule has 0 bridgehead atoms. The Morgan fingerprint density at radius 3 is 3.17 bits per heavy atom. The normalized spacial score (nSPS) is 25.1. The quantitative estimate of drug-likeness (QED) is 0.913. The van der Waals surface area contributed by atoms with Gasteiger partial charge in [0.15, 0.2) is 0 Å². The van der Waals surface area contributed by atoms with E-state index in [4.69, 9.17) is 4.74 Å². The summed E-state index contributed by atoms with van der Waals surface area (Å²) in [6.45, 7) is 3.74. The minimum atomic E-state index is 0.251. The van der Waals surface area contributed by atoms with Crippen molar-refractivity contribution in [2.75, 3.05) is 31.6 Å². The molecule has 1 saturated heterocycles. The maximum atomic E-state index is 5.78. The molecule has 1 aliphatic heterocycles. The molecular formula is C12H17BrN4O. The lowest BCUT2D eigenvalue weighted by atomic mass is 10.2. The summed E-state index contributed by atoms with van der Waals surface area (Å²) in [5.74, 6) is 0.831. The van der Waals surface area contributed by atoms with Crippen molar-refractivity contribution in [2.24, 2.45) is 0 Å². The number of aromatic nitrogens is 2. The maximum Gasteiger partial charge on any atom is 0.143 e. The Morgan fingerprint density at radius 1 is 1.50 bits per heavy atom. The molecule has 6 heteroatoms. The highest BCUT2D eigenvalue weighted by atomic mass is 79.9. The van der Waals surface area contributed by atoms with Gasteiger partial charge in [-0.05, 0) is 28.8 Å². The van der Waals surface area contributed by atoms with Crippen LogP contribution < -0.4 is 5.32 Å². The van der Waals surface area contributed by atoms with Crippen molar-refractivity contribution in [1.82, 2.24) is 14.9 Å². The predicted octanol–water partition coefficient (Wildman–Crippen LogP) is 1.51. The zero-order valence-corrected chi connectivity index (χ0v) is 11.8. The molecule has 3 rings (SSSR count). The molecule has 1 aliphatic carbocycles. The molecule has 2 heterocycles. The smallest absolute Gasteiger partial charge is 0.143 e. The largest absolute Gasteiger partial charge is 0.374 e. The van der Waals surface area contributed by atoms with E-state index in [9.17, 15) is 0 Å². The summed E-state index contributed by atoms with van der Waals surface area (Å²) in [5.41, 5.74) is 0. The van der Waals surface area contributed by atoms with E-state index in [0.29, 0.717) is 0 Å². The number of hydrogen-bond acceptors (Lipinski definition) is 5. The van der Waals surface area contributed by atoms with Crippen LogP contribution in [0.5, 0.6) is 0 Å². The van der Waals surface area contributed by atoms with E-state index in [1.54, 1.807) is 12.5 Å². The Bertz CT molecular complexity index is 413. The predicted molar refractivity (Wildman–Crippen MR) is 72.6 cm³/mol. The van der Waals surface area contributed by atoms with Gasteiger partial charge in [0.2, 0.25) is 0 Å². The van der Waals surface area contributed by atoms with Crippen LogP contribution in [0.15, 0.2) is 17.0 Å². The standard InChI is InChI=1S/C12H17BrN4O/c13-11-6-14-8-16-12(11)15-5-10-7-17(3-4-18-10)9-1-2-9/h6,8-10H,1-5,7H2,(H,14,15,16). The number of nitrogens with zero attached hydrogens (tertiary/aromatic N) is 3. The summed E-state index contributed by atoms with van der Waals surface area (Å²) in [7, 11) is 0. The van der Waals surface area contributed by atoms with Crippen LogP contribution in [0.2, 0.25) is 0 Å². The van der Waals surface area contributed by atoms with Gasteiger partial charge in [0.05, 0.1) is 17.2 Å². The lowest BCUT2D eigenvalue weighted by molar-refractivity contribution is -0.0241. The van der Waals surface area contributed by atoms with Gasteiger partial charge in [-0.2, -0.15) is 0 Å². The van der Waals surface area contributed by atoms with Crippen molar-refractivity contribution >= 4 is 21.7 Å². The van der Waals surface area contributed by atoms with Crippen LogP contribution in [-0.2, 0) is 4.74 Å². The van der Waals surface area contributed by atoms with Gasteiger partial charge in [-0.3, -0.25) is 4.90 Å². The fraction of sp³-hybridized carbons (Fsp3) is 0.667. The summed E-state index contributed by atoms with van der Waals surface area (Å²) < 4.78 is 6.67. The van der Waals surface area contributed by atoms with E-state index in [-0.39, 0.29) is 6.10 Å². The number of morpholine rings is 1. The SMILES string of the molecule is Brc1cncnc1NCC1CN(C2CC2)CCO1. The van der Waals surface area contributed by atoms with Gasteiger partial charge in [0.25, 0.3) is 0 Å². The first-order chi connectivity index (χ1) is 8.83. The lowest BCUT2D eigenvalue weighted by Crippen LogP contribution is -2.46.